The van der Waals surface area contributed by atoms with Gasteiger partial charge in [-0.3, -0.25) is 14.7 Å². The fraction of sp³-hybridized carbons (Fsp3) is 0.350. The molecule has 10 heteroatoms. The normalized spacial score (nSPS) is 14.1. The molecule has 30 heavy (non-hydrogen) atoms. The van der Waals surface area contributed by atoms with Gasteiger partial charge in [-0.1, -0.05) is 0 Å². The van der Waals surface area contributed by atoms with Gasteiger partial charge < -0.3 is 9.64 Å². The van der Waals surface area contributed by atoms with Crippen LogP contribution in [0.3, 0.4) is 0 Å². The maximum absolute atomic E-state index is 13.1. The number of alkyl halides is 3. The summed E-state index contributed by atoms with van der Waals surface area (Å²) < 4.78 is 43.0. The molecule has 3 aromatic rings. The van der Waals surface area contributed by atoms with Crippen LogP contribution in [0.5, 0.6) is 5.75 Å². The van der Waals surface area contributed by atoms with Gasteiger partial charge in [-0.25, -0.2) is 9.50 Å². The Morgan fingerprint density at radius 3 is 2.77 bits per heavy atom. The first-order chi connectivity index (χ1) is 14.1. The van der Waals surface area contributed by atoms with E-state index in [1.54, 1.807) is 23.3 Å². The van der Waals surface area contributed by atoms with E-state index in [0.29, 0.717) is 53.2 Å². The van der Waals surface area contributed by atoms with Crippen LogP contribution in [0.1, 0.15) is 28.9 Å². The molecule has 1 aliphatic rings. The highest BCUT2D eigenvalue weighted by atomic mass is 19.4. The zero-order valence-corrected chi connectivity index (χ0v) is 16.3. The van der Waals surface area contributed by atoms with Gasteiger partial charge >= 0.3 is 6.36 Å². The van der Waals surface area contributed by atoms with Crippen molar-refractivity contribution >= 4 is 17.2 Å². The van der Waals surface area contributed by atoms with Gasteiger partial charge in [0.1, 0.15) is 5.75 Å². The van der Waals surface area contributed by atoms with Crippen molar-refractivity contribution in [2.75, 3.05) is 11.4 Å². The summed E-state index contributed by atoms with van der Waals surface area (Å²) in [6.45, 7) is 4.04. The summed E-state index contributed by atoms with van der Waals surface area (Å²) in [6, 6.07) is 5.41. The van der Waals surface area contributed by atoms with Crippen molar-refractivity contribution in [2.24, 2.45) is 0 Å². The molecule has 0 fully saturated rings. The van der Waals surface area contributed by atoms with Crippen LogP contribution in [-0.2, 0) is 17.6 Å². The van der Waals surface area contributed by atoms with Crippen molar-refractivity contribution in [1.82, 2.24) is 14.6 Å². The second kappa shape index (κ2) is 7.19. The number of carbonyl (C=O) groups excluding carboxylic acids is 1. The number of nitrogens with one attached hydrogen (secondary N) is 1. The Labute approximate surface area is 169 Å². The number of anilines is 1. The van der Waals surface area contributed by atoms with Crippen LogP contribution in [0.25, 0.3) is 5.65 Å². The van der Waals surface area contributed by atoms with Gasteiger partial charge in [-0.2, -0.15) is 0 Å². The maximum atomic E-state index is 13.1. The quantitative estimate of drug-likeness (QED) is 0.706. The van der Waals surface area contributed by atoms with E-state index in [-0.39, 0.29) is 23.6 Å². The zero-order chi connectivity index (χ0) is 21.6. The molecule has 2 aromatic heterocycles. The lowest BCUT2D eigenvalue weighted by atomic mass is 10.00. The minimum absolute atomic E-state index is 0.0566. The minimum Gasteiger partial charge on any atom is -0.406 e. The van der Waals surface area contributed by atoms with Crippen LogP contribution in [0.15, 0.2) is 29.1 Å². The summed E-state index contributed by atoms with van der Waals surface area (Å²) in [4.78, 5) is 30.7. The molecule has 0 unspecified atom stereocenters. The van der Waals surface area contributed by atoms with Crippen LogP contribution in [-0.4, -0.2) is 33.4 Å². The SMILES string of the molecule is Cc1nc2cc(=O)[nH]n2c(C)c1CC(=O)N1CCCc2cc(OC(F)(F)F)ccc21. The number of H-pyrrole nitrogens is 1. The molecule has 0 atom stereocenters. The number of aromatic amines is 1. The molecule has 0 spiro atoms. The molecule has 1 N–H and O–H groups in total. The molecular weight excluding hydrogens is 401 g/mol. The fourth-order valence-electron chi connectivity index (χ4n) is 3.89. The van der Waals surface area contributed by atoms with Crippen molar-refractivity contribution in [1.29, 1.82) is 0 Å². The lowest BCUT2D eigenvalue weighted by Crippen LogP contribution is -2.37. The predicted octanol–water partition coefficient (Wildman–Crippen LogP) is 3.06. The van der Waals surface area contributed by atoms with E-state index in [1.165, 1.54) is 24.3 Å². The van der Waals surface area contributed by atoms with E-state index in [0.717, 1.165) is 0 Å². The van der Waals surface area contributed by atoms with Gasteiger partial charge in [0, 0.05) is 35.2 Å². The largest absolute Gasteiger partial charge is 0.573 e. The second-order valence-electron chi connectivity index (χ2n) is 7.24. The summed E-state index contributed by atoms with van der Waals surface area (Å²) in [5, 5.41) is 2.66. The molecular formula is C20H19F3N4O3. The number of ether oxygens (including phenoxy) is 1. The predicted molar refractivity (Wildman–Crippen MR) is 103 cm³/mol. The molecule has 0 saturated carbocycles. The Hall–Kier alpha value is -3.30. The molecule has 1 aromatic carbocycles. The average molecular weight is 420 g/mol. The Morgan fingerprint density at radius 1 is 1.27 bits per heavy atom. The molecule has 1 amide bonds. The van der Waals surface area contributed by atoms with E-state index in [9.17, 15) is 22.8 Å². The first-order valence-electron chi connectivity index (χ1n) is 9.39. The number of halogens is 3. The van der Waals surface area contributed by atoms with Gasteiger partial charge in [0.05, 0.1) is 6.42 Å². The molecule has 0 aliphatic carbocycles. The highest BCUT2D eigenvalue weighted by Gasteiger charge is 2.32. The molecule has 0 radical (unpaired) electrons. The number of fused-ring (bicyclic) bond motifs is 2. The standard InChI is InChI=1S/C20H19F3N4O3/c1-11-15(12(2)27-17(24-11)10-18(28)25-27)9-19(29)26-7-3-4-13-8-14(5-6-16(13)26)30-20(21,22)23/h5-6,8,10H,3-4,7,9H2,1-2H3,(H,25,28). The third-order valence-electron chi connectivity index (χ3n) is 5.23. The molecule has 0 saturated heterocycles. The maximum Gasteiger partial charge on any atom is 0.573 e. The minimum atomic E-state index is -4.77. The van der Waals surface area contributed by atoms with Gasteiger partial charge in [0.15, 0.2) is 5.65 Å². The Balaban J connectivity index is 1.63. The fourth-order valence-corrected chi connectivity index (χ4v) is 3.89. The summed E-state index contributed by atoms with van der Waals surface area (Å²) in [5.74, 6) is -0.490. The van der Waals surface area contributed by atoms with E-state index < -0.39 is 6.36 Å². The van der Waals surface area contributed by atoms with Gasteiger partial charge in [0.2, 0.25) is 5.91 Å². The Kier molecular flexibility index (Phi) is 4.79. The van der Waals surface area contributed by atoms with Crippen molar-refractivity contribution < 1.29 is 22.7 Å². The summed E-state index contributed by atoms with van der Waals surface area (Å²) in [5.41, 5.74) is 3.46. The number of amides is 1. The molecule has 158 valence electrons. The topological polar surface area (TPSA) is 79.7 Å². The lowest BCUT2D eigenvalue weighted by Gasteiger charge is -2.30. The van der Waals surface area contributed by atoms with E-state index in [1.807, 2.05) is 0 Å². The summed E-state index contributed by atoms with van der Waals surface area (Å²) >= 11 is 0. The smallest absolute Gasteiger partial charge is 0.406 e. The molecule has 3 heterocycles. The highest BCUT2D eigenvalue weighted by Crippen LogP contribution is 2.33. The Bertz CT molecular complexity index is 1200. The van der Waals surface area contributed by atoms with Crippen LogP contribution in [0, 0.1) is 13.8 Å². The van der Waals surface area contributed by atoms with Crippen LogP contribution < -0.4 is 15.2 Å². The van der Waals surface area contributed by atoms with Crippen molar-refractivity contribution in [3.63, 3.8) is 0 Å². The second-order valence-corrected chi connectivity index (χ2v) is 7.24. The number of benzene rings is 1. The number of carbonyl (C=O) groups is 1. The Morgan fingerprint density at radius 2 is 2.03 bits per heavy atom. The van der Waals surface area contributed by atoms with E-state index in [2.05, 4.69) is 14.8 Å². The van der Waals surface area contributed by atoms with Crippen LogP contribution in [0.2, 0.25) is 0 Å². The number of nitrogens with zero attached hydrogens (tertiary/aromatic N) is 3. The highest BCUT2D eigenvalue weighted by molar-refractivity contribution is 5.96. The first-order valence-corrected chi connectivity index (χ1v) is 9.39. The third-order valence-corrected chi connectivity index (χ3v) is 5.23. The zero-order valence-electron chi connectivity index (χ0n) is 16.3. The van der Waals surface area contributed by atoms with Crippen molar-refractivity contribution in [3.05, 3.63) is 57.1 Å². The van der Waals surface area contributed by atoms with Gasteiger partial charge in [-0.15, -0.1) is 13.2 Å². The lowest BCUT2D eigenvalue weighted by molar-refractivity contribution is -0.274. The number of rotatable bonds is 3. The van der Waals surface area contributed by atoms with E-state index in [4.69, 9.17) is 0 Å². The first kappa shape index (κ1) is 20.0. The monoisotopic (exact) mass is 420 g/mol. The number of hydrogen-bond donors (Lipinski definition) is 1. The number of aromatic nitrogens is 3. The van der Waals surface area contributed by atoms with Gasteiger partial charge in [0.25, 0.3) is 5.56 Å². The van der Waals surface area contributed by atoms with Crippen LogP contribution >= 0.6 is 0 Å². The van der Waals surface area contributed by atoms with Crippen LogP contribution in [0.4, 0.5) is 18.9 Å². The van der Waals surface area contributed by atoms with Crippen molar-refractivity contribution in [2.45, 2.75) is 39.5 Å². The average Bonchev–Trinajstić information content (AvgIpc) is 3.03. The van der Waals surface area contributed by atoms with Gasteiger partial charge in [-0.05, 0) is 50.5 Å². The third kappa shape index (κ3) is 3.77. The molecule has 7 nitrogen and oxygen atoms in total. The van der Waals surface area contributed by atoms with Crippen molar-refractivity contribution in [3.8, 4) is 5.75 Å². The summed E-state index contributed by atoms with van der Waals surface area (Å²) in [6.07, 6.45) is -3.52. The number of hydrogen-bond acceptors (Lipinski definition) is 4. The molecule has 0 bridgehead atoms. The number of aryl methyl sites for hydroxylation is 3. The van der Waals surface area contributed by atoms with E-state index >= 15 is 0 Å². The summed E-state index contributed by atoms with van der Waals surface area (Å²) in [7, 11) is 0. The molecule has 4 rings (SSSR count). The molecule has 1 aliphatic heterocycles.